The number of nitrogens with zero attached hydrogens (tertiary/aromatic N) is 2. The Balaban J connectivity index is 2.92. The summed E-state index contributed by atoms with van der Waals surface area (Å²) in [6, 6.07) is -0.520. The van der Waals surface area contributed by atoms with Gasteiger partial charge in [-0.25, -0.2) is 13.1 Å². The van der Waals surface area contributed by atoms with Gasteiger partial charge in [0.05, 0.1) is 6.61 Å². The summed E-state index contributed by atoms with van der Waals surface area (Å²) in [5, 5.41) is 13.2. The summed E-state index contributed by atoms with van der Waals surface area (Å²) < 4.78 is 28.5. The van der Waals surface area contributed by atoms with Gasteiger partial charge in [-0.3, -0.25) is 4.68 Å². The average Bonchev–Trinajstić information content (AvgIpc) is 2.70. The van der Waals surface area contributed by atoms with Crippen LogP contribution in [0.2, 0.25) is 0 Å². The van der Waals surface area contributed by atoms with E-state index in [0.717, 1.165) is 6.42 Å². The molecule has 1 aromatic heterocycles. The summed E-state index contributed by atoms with van der Waals surface area (Å²) in [6.07, 6.45) is 2.81. The lowest BCUT2D eigenvalue weighted by Crippen LogP contribution is -2.38. The average molecular weight is 304 g/mol. The van der Waals surface area contributed by atoms with Crippen LogP contribution in [0.3, 0.4) is 0 Å². The molecule has 1 aromatic rings. The van der Waals surface area contributed by atoms with Crippen molar-refractivity contribution in [2.45, 2.75) is 51.1 Å². The molecule has 1 unspecified atom stereocenters. The highest BCUT2D eigenvalue weighted by Gasteiger charge is 2.24. The SMILES string of the molecule is CCCn1cc(S(=O)(=O)NC(CO)CC(C)C)c(N)n1. The minimum Gasteiger partial charge on any atom is -0.395 e. The van der Waals surface area contributed by atoms with Crippen molar-refractivity contribution in [3.05, 3.63) is 6.20 Å². The summed E-state index contributed by atoms with van der Waals surface area (Å²) in [7, 11) is -3.76. The van der Waals surface area contributed by atoms with Gasteiger partial charge in [-0.05, 0) is 18.8 Å². The maximum Gasteiger partial charge on any atom is 0.246 e. The second-order valence-electron chi connectivity index (χ2n) is 5.27. The smallest absolute Gasteiger partial charge is 0.246 e. The molecule has 0 radical (unpaired) electrons. The Morgan fingerprint density at radius 2 is 2.15 bits per heavy atom. The molecule has 0 amide bonds. The maximum absolute atomic E-state index is 12.3. The molecule has 0 fully saturated rings. The molecule has 0 aliphatic rings. The number of aryl methyl sites for hydroxylation is 1. The Labute approximate surface area is 120 Å². The lowest BCUT2D eigenvalue weighted by Gasteiger charge is -2.17. The van der Waals surface area contributed by atoms with E-state index in [9.17, 15) is 13.5 Å². The van der Waals surface area contributed by atoms with Gasteiger partial charge < -0.3 is 10.8 Å². The quantitative estimate of drug-likeness (QED) is 0.650. The van der Waals surface area contributed by atoms with E-state index in [4.69, 9.17) is 5.73 Å². The lowest BCUT2D eigenvalue weighted by molar-refractivity contribution is 0.240. The molecule has 4 N–H and O–H groups in total. The normalized spacial score (nSPS) is 13.8. The molecule has 1 rings (SSSR count). The van der Waals surface area contributed by atoms with Gasteiger partial charge >= 0.3 is 0 Å². The van der Waals surface area contributed by atoms with E-state index in [0.29, 0.717) is 13.0 Å². The second-order valence-corrected chi connectivity index (χ2v) is 6.95. The van der Waals surface area contributed by atoms with Gasteiger partial charge in [0.25, 0.3) is 0 Å². The summed E-state index contributed by atoms with van der Waals surface area (Å²) in [6.45, 7) is 6.25. The predicted molar refractivity (Wildman–Crippen MR) is 77.6 cm³/mol. The number of rotatable bonds is 8. The third kappa shape index (κ3) is 4.46. The molecule has 0 bridgehead atoms. The number of sulfonamides is 1. The predicted octanol–water partition coefficient (Wildman–Crippen LogP) is 0.561. The Hall–Kier alpha value is -1.12. The molecule has 0 aliphatic carbocycles. The lowest BCUT2D eigenvalue weighted by atomic mass is 10.1. The highest BCUT2D eigenvalue weighted by atomic mass is 32.2. The molecule has 0 saturated carbocycles. The van der Waals surface area contributed by atoms with Crippen LogP contribution in [0.15, 0.2) is 11.1 Å². The van der Waals surface area contributed by atoms with Crippen molar-refractivity contribution < 1.29 is 13.5 Å². The third-order valence-corrected chi connectivity index (χ3v) is 4.33. The van der Waals surface area contributed by atoms with Crippen LogP contribution in [0.25, 0.3) is 0 Å². The van der Waals surface area contributed by atoms with Crippen molar-refractivity contribution in [2.75, 3.05) is 12.3 Å². The van der Waals surface area contributed by atoms with Crippen molar-refractivity contribution in [1.29, 1.82) is 0 Å². The van der Waals surface area contributed by atoms with E-state index in [1.54, 1.807) is 0 Å². The number of aliphatic hydroxyl groups is 1. The molecular weight excluding hydrogens is 280 g/mol. The Morgan fingerprint density at radius 3 is 2.65 bits per heavy atom. The topological polar surface area (TPSA) is 110 Å². The Bertz CT molecular complexity index is 525. The van der Waals surface area contributed by atoms with Gasteiger partial charge in [-0.1, -0.05) is 20.8 Å². The first-order valence-electron chi connectivity index (χ1n) is 6.76. The minimum atomic E-state index is -3.76. The summed E-state index contributed by atoms with van der Waals surface area (Å²) in [5.74, 6) is 0.252. The van der Waals surface area contributed by atoms with Crippen LogP contribution in [-0.2, 0) is 16.6 Å². The number of hydrogen-bond acceptors (Lipinski definition) is 5. The van der Waals surface area contributed by atoms with Gasteiger partial charge in [0.2, 0.25) is 10.0 Å². The molecule has 8 heteroatoms. The number of hydrogen-bond donors (Lipinski definition) is 3. The molecule has 116 valence electrons. The highest BCUT2D eigenvalue weighted by molar-refractivity contribution is 7.89. The molecule has 1 heterocycles. The highest BCUT2D eigenvalue weighted by Crippen LogP contribution is 2.17. The van der Waals surface area contributed by atoms with Gasteiger partial charge in [0.15, 0.2) is 5.82 Å². The fourth-order valence-corrected chi connectivity index (χ4v) is 3.29. The molecule has 0 saturated heterocycles. The largest absolute Gasteiger partial charge is 0.395 e. The molecule has 7 nitrogen and oxygen atoms in total. The zero-order chi connectivity index (χ0) is 15.3. The van der Waals surface area contributed by atoms with Crippen molar-refractivity contribution >= 4 is 15.8 Å². The summed E-state index contributed by atoms with van der Waals surface area (Å²) >= 11 is 0. The van der Waals surface area contributed by atoms with Crippen molar-refractivity contribution in [2.24, 2.45) is 5.92 Å². The van der Waals surface area contributed by atoms with E-state index in [1.807, 2.05) is 20.8 Å². The standard InChI is InChI=1S/C12H24N4O3S/c1-4-5-16-7-11(12(13)14-16)20(18,19)15-10(8-17)6-9(2)3/h7,9-10,15,17H,4-6,8H2,1-3H3,(H2,13,14). The van der Waals surface area contributed by atoms with E-state index in [-0.39, 0.29) is 23.2 Å². The molecule has 0 aliphatic heterocycles. The Morgan fingerprint density at radius 1 is 1.50 bits per heavy atom. The van der Waals surface area contributed by atoms with E-state index in [1.165, 1.54) is 10.9 Å². The molecular formula is C12H24N4O3S. The van der Waals surface area contributed by atoms with E-state index >= 15 is 0 Å². The van der Waals surface area contributed by atoms with Crippen LogP contribution in [-0.4, -0.2) is 36.0 Å². The first-order chi connectivity index (χ1) is 9.30. The van der Waals surface area contributed by atoms with E-state index < -0.39 is 16.1 Å². The van der Waals surface area contributed by atoms with E-state index in [2.05, 4.69) is 9.82 Å². The molecule has 1 atom stereocenters. The zero-order valence-corrected chi connectivity index (χ0v) is 13.0. The third-order valence-electron chi connectivity index (χ3n) is 2.80. The minimum absolute atomic E-state index is 0.0211. The molecule has 20 heavy (non-hydrogen) atoms. The summed E-state index contributed by atoms with van der Waals surface area (Å²) in [5.41, 5.74) is 5.66. The van der Waals surface area contributed by atoms with Crippen LogP contribution in [0, 0.1) is 5.92 Å². The Kier molecular flexibility index (Phi) is 5.97. The molecule has 0 spiro atoms. The van der Waals surface area contributed by atoms with Gasteiger partial charge in [-0.2, -0.15) is 5.10 Å². The van der Waals surface area contributed by atoms with Crippen LogP contribution in [0.1, 0.15) is 33.6 Å². The van der Waals surface area contributed by atoms with Crippen LogP contribution >= 0.6 is 0 Å². The number of anilines is 1. The fraction of sp³-hybridized carbons (Fsp3) is 0.750. The van der Waals surface area contributed by atoms with Crippen molar-refractivity contribution in [3.63, 3.8) is 0 Å². The van der Waals surface area contributed by atoms with Crippen LogP contribution < -0.4 is 10.5 Å². The van der Waals surface area contributed by atoms with Crippen molar-refractivity contribution in [3.8, 4) is 0 Å². The number of nitrogen functional groups attached to an aromatic ring is 1. The molecule has 0 aromatic carbocycles. The first-order valence-corrected chi connectivity index (χ1v) is 8.24. The van der Waals surface area contributed by atoms with Crippen LogP contribution in [0.5, 0.6) is 0 Å². The van der Waals surface area contributed by atoms with Gasteiger partial charge in [-0.15, -0.1) is 0 Å². The van der Waals surface area contributed by atoms with Crippen molar-refractivity contribution in [1.82, 2.24) is 14.5 Å². The number of aliphatic hydroxyl groups excluding tert-OH is 1. The monoisotopic (exact) mass is 304 g/mol. The number of nitrogens with two attached hydrogens (primary N) is 1. The number of aromatic nitrogens is 2. The van der Waals surface area contributed by atoms with Gasteiger partial charge in [0, 0.05) is 18.8 Å². The fourth-order valence-electron chi connectivity index (χ4n) is 1.98. The maximum atomic E-state index is 12.3. The number of nitrogens with one attached hydrogen (secondary N) is 1. The van der Waals surface area contributed by atoms with Gasteiger partial charge in [0.1, 0.15) is 4.90 Å². The summed E-state index contributed by atoms with van der Waals surface area (Å²) in [4.78, 5) is -0.0341. The van der Waals surface area contributed by atoms with Crippen LogP contribution in [0.4, 0.5) is 5.82 Å². The first kappa shape index (κ1) is 16.9. The second kappa shape index (κ2) is 7.05. The zero-order valence-electron chi connectivity index (χ0n) is 12.2.